The van der Waals surface area contributed by atoms with E-state index in [9.17, 15) is 8.42 Å². The van der Waals surface area contributed by atoms with Crippen LogP contribution in [0.3, 0.4) is 0 Å². The molecule has 0 heterocycles. The second-order valence-electron chi connectivity index (χ2n) is 7.10. The van der Waals surface area contributed by atoms with Crippen molar-refractivity contribution in [2.45, 2.75) is 45.3 Å². The Morgan fingerprint density at radius 2 is 1.67 bits per heavy atom. The molecule has 1 aromatic rings. The van der Waals surface area contributed by atoms with Crippen molar-refractivity contribution in [1.29, 1.82) is 0 Å². The average Bonchev–Trinajstić information content (AvgIpc) is 2.13. The highest BCUT2D eigenvalue weighted by Crippen LogP contribution is 2.21. The van der Waals surface area contributed by atoms with E-state index in [-0.39, 0.29) is 11.2 Å². The Balaban J connectivity index is 3.19. The molecule has 1 aromatic carbocycles. The topological polar surface area (TPSA) is 34.1 Å². The molecule has 102 valence electrons. The van der Waals surface area contributed by atoms with Crippen LogP contribution in [0.1, 0.15) is 20.8 Å². The summed E-state index contributed by atoms with van der Waals surface area (Å²) in [6, 6.07) is 7.49. The second kappa shape index (κ2) is 4.81. The van der Waals surface area contributed by atoms with Gasteiger partial charge >= 0.3 is 0 Å². The van der Waals surface area contributed by atoms with Crippen LogP contribution in [0, 0.1) is 5.41 Å². The van der Waals surface area contributed by atoms with Crippen molar-refractivity contribution in [3.63, 3.8) is 0 Å². The molecule has 0 unspecified atom stereocenters. The maximum atomic E-state index is 12.3. The zero-order chi connectivity index (χ0) is 14.2. The van der Waals surface area contributed by atoms with Crippen LogP contribution in [0.4, 0.5) is 0 Å². The zero-order valence-electron chi connectivity index (χ0n) is 12.2. The number of sulfone groups is 1. The van der Waals surface area contributed by atoms with Gasteiger partial charge < -0.3 is 0 Å². The highest BCUT2D eigenvalue weighted by atomic mass is 32.2. The Hall–Kier alpha value is -0.613. The number of rotatable bonds is 3. The van der Waals surface area contributed by atoms with Crippen molar-refractivity contribution in [2.24, 2.45) is 5.41 Å². The van der Waals surface area contributed by atoms with Crippen LogP contribution in [0.15, 0.2) is 29.2 Å². The molecule has 18 heavy (non-hydrogen) atoms. The molecule has 0 spiro atoms. The molecule has 0 atom stereocenters. The van der Waals surface area contributed by atoms with E-state index in [2.05, 4.69) is 19.6 Å². The number of benzene rings is 1. The summed E-state index contributed by atoms with van der Waals surface area (Å²) in [6.07, 6.45) is 0. The van der Waals surface area contributed by atoms with E-state index in [0.717, 1.165) is 0 Å². The molecule has 0 aliphatic carbocycles. The number of hydrogen-bond donors (Lipinski definition) is 0. The van der Waals surface area contributed by atoms with Crippen LogP contribution in [-0.4, -0.2) is 22.2 Å². The Labute approximate surface area is 112 Å². The molecule has 0 fully saturated rings. The third kappa shape index (κ3) is 4.25. The fourth-order valence-corrected chi connectivity index (χ4v) is 5.00. The van der Waals surface area contributed by atoms with Gasteiger partial charge in [-0.25, -0.2) is 8.42 Å². The average molecular weight is 284 g/mol. The van der Waals surface area contributed by atoms with E-state index < -0.39 is 17.9 Å². The van der Waals surface area contributed by atoms with Crippen molar-refractivity contribution in [1.82, 2.24) is 0 Å². The Morgan fingerprint density at radius 1 is 1.11 bits per heavy atom. The molecule has 0 saturated carbocycles. The summed E-state index contributed by atoms with van der Waals surface area (Å²) in [7, 11) is -4.65. The zero-order valence-corrected chi connectivity index (χ0v) is 14.1. The summed E-state index contributed by atoms with van der Waals surface area (Å²) in [4.78, 5) is 0.470. The lowest BCUT2D eigenvalue weighted by Crippen LogP contribution is -2.38. The van der Waals surface area contributed by atoms with E-state index in [1.807, 2.05) is 39.0 Å². The molecule has 0 radical (unpaired) electrons. The molecule has 0 aliphatic heterocycles. The lowest BCUT2D eigenvalue weighted by Gasteiger charge is -2.20. The third-order valence-electron chi connectivity index (χ3n) is 2.68. The van der Waals surface area contributed by atoms with Crippen molar-refractivity contribution in [3.05, 3.63) is 24.3 Å². The van der Waals surface area contributed by atoms with Crippen LogP contribution in [-0.2, 0) is 9.84 Å². The molecule has 0 amide bonds. The summed E-state index contributed by atoms with van der Waals surface area (Å²) in [5.41, 5.74) is -0.214. The third-order valence-corrected chi connectivity index (χ3v) is 6.94. The first-order valence-electron chi connectivity index (χ1n) is 6.25. The van der Waals surface area contributed by atoms with Gasteiger partial charge in [0.15, 0.2) is 9.84 Å². The molecule has 0 aliphatic rings. The van der Waals surface area contributed by atoms with E-state index in [4.69, 9.17) is 0 Å². The largest absolute Gasteiger partial charge is 0.224 e. The normalized spacial score (nSPS) is 13.7. The van der Waals surface area contributed by atoms with Gasteiger partial charge in [-0.3, -0.25) is 0 Å². The maximum absolute atomic E-state index is 12.3. The minimum Gasteiger partial charge on any atom is -0.224 e. The molecule has 1 rings (SSSR count). The van der Waals surface area contributed by atoms with Crippen LogP contribution in [0.2, 0.25) is 19.6 Å². The molecule has 4 heteroatoms. The van der Waals surface area contributed by atoms with Crippen LogP contribution < -0.4 is 5.19 Å². The first-order valence-corrected chi connectivity index (χ1v) is 11.4. The van der Waals surface area contributed by atoms with Gasteiger partial charge in [0.05, 0.1) is 18.7 Å². The quantitative estimate of drug-likeness (QED) is 0.800. The van der Waals surface area contributed by atoms with Gasteiger partial charge in [0.2, 0.25) is 0 Å². The van der Waals surface area contributed by atoms with Crippen LogP contribution in [0.5, 0.6) is 0 Å². The fraction of sp³-hybridized carbons (Fsp3) is 0.571. The molecule has 0 saturated heterocycles. The minimum absolute atomic E-state index is 0.190. The van der Waals surface area contributed by atoms with Gasteiger partial charge in [0.25, 0.3) is 0 Å². The van der Waals surface area contributed by atoms with Crippen molar-refractivity contribution in [2.75, 3.05) is 5.75 Å². The van der Waals surface area contributed by atoms with Gasteiger partial charge in [-0.05, 0) is 17.5 Å². The molecular weight excluding hydrogens is 260 g/mol. The molecule has 0 N–H and O–H groups in total. The predicted molar refractivity (Wildman–Crippen MR) is 80.9 cm³/mol. The summed E-state index contributed by atoms with van der Waals surface area (Å²) < 4.78 is 24.7. The summed E-state index contributed by atoms with van der Waals surface area (Å²) in [5, 5.41) is 1.19. The standard InChI is InChI=1S/C14H24O2SSi/c1-14(2,3)11-17(15,16)12-8-7-9-13(10-12)18(4,5)6/h7-10H,11H2,1-6H3. The Kier molecular flexibility index (Phi) is 4.13. The molecule has 0 aromatic heterocycles. The minimum atomic E-state index is -3.18. The second-order valence-corrected chi connectivity index (χ2v) is 14.2. The van der Waals surface area contributed by atoms with Gasteiger partial charge in [-0.15, -0.1) is 0 Å². The highest BCUT2D eigenvalue weighted by Gasteiger charge is 2.25. The van der Waals surface area contributed by atoms with Gasteiger partial charge in [-0.1, -0.05) is 57.7 Å². The van der Waals surface area contributed by atoms with Gasteiger partial charge in [-0.2, -0.15) is 0 Å². The van der Waals surface area contributed by atoms with E-state index >= 15 is 0 Å². The van der Waals surface area contributed by atoms with Gasteiger partial charge in [0.1, 0.15) is 0 Å². The summed E-state index contributed by atoms with van der Waals surface area (Å²) in [5.74, 6) is 0.190. The molecule has 2 nitrogen and oxygen atoms in total. The molecular formula is C14H24O2SSi. The monoisotopic (exact) mass is 284 g/mol. The lowest BCUT2D eigenvalue weighted by atomic mass is 10.0. The number of hydrogen-bond acceptors (Lipinski definition) is 2. The molecule has 0 bridgehead atoms. The smallest absolute Gasteiger partial charge is 0.178 e. The van der Waals surface area contributed by atoms with Gasteiger partial charge in [0, 0.05) is 0 Å². The van der Waals surface area contributed by atoms with Crippen molar-refractivity contribution in [3.8, 4) is 0 Å². The summed E-state index contributed by atoms with van der Waals surface area (Å²) in [6.45, 7) is 12.5. The van der Waals surface area contributed by atoms with Crippen molar-refractivity contribution < 1.29 is 8.42 Å². The lowest BCUT2D eigenvalue weighted by molar-refractivity contribution is 0.462. The van der Waals surface area contributed by atoms with Crippen molar-refractivity contribution >= 4 is 23.1 Å². The first-order chi connectivity index (χ1) is 7.92. The Morgan fingerprint density at radius 3 is 2.11 bits per heavy atom. The van der Waals surface area contributed by atoms with Crippen LogP contribution in [0.25, 0.3) is 0 Å². The van der Waals surface area contributed by atoms with Crippen LogP contribution >= 0.6 is 0 Å². The highest BCUT2D eigenvalue weighted by molar-refractivity contribution is 7.91. The fourth-order valence-electron chi connectivity index (χ4n) is 1.81. The first kappa shape index (κ1) is 15.4. The SMILES string of the molecule is CC(C)(C)CS(=O)(=O)c1cccc([Si](C)(C)C)c1. The Bertz CT molecular complexity index is 519. The van der Waals surface area contributed by atoms with E-state index in [1.165, 1.54) is 5.19 Å². The predicted octanol–water partition coefficient (Wildman–Crippen LogP) is 3.05. The van der Waals surface area contributed by atoms with E-state index in [1.54, 1.807) is 6.07 Å². The summed E-state index contributed by atoms with van der Waals surface area (Å²) >= 11 is 0. The van der Waals surface area contributed by atoms with E-state index in [0.29, 0.717) is 4.90 Å². The maximum Gasteiger partial charge on any atom is 0.178 e.